The molecule has 0 radical (unpaired) electrons. The van der Waals surface area contributed by atoms with Crippen LogP contribution in [-0.4, -0.2) is 38.4 Å². The average Bonchev–Trinajstić information content (AvgIpc) is 2.86. The van der Waals surface area contributed by atoms with E-state index < -0.39 is 32.7 Å². The third kappa shape index (κ3) is 7.45. The fraction of sp³-hybridized carbons (Fsp3) is 0.296. The second-order valence-corrected chi connectivity index (χ2v) is 9.92. The molecule has 0 fully saturated rings. The minimum Gasteiger partial charge on any atom is -0.351 e. The lowest BCUT2D eigenvalue weighted by atomic mass is 10.0. The Morgan fingerprint density at radius 3 is 2.14 bits per heavy atom. The van der Waals surface area contributed by atoms with Crippen molar-refractivity contribution in [1.82, 2.24) is 14.9 Å². The normalized spacial score (nSPS) is 12.5. The van der Waals surface area contributed by atoms with E-state index in [2.05, 4.69) is 28.8 Å². The van der Waals surface area contributed by atoms with Gasteiger partial charge in [-0.1, -0.05) is 80.6 Å². The van der Waals surface area contributed by atoms with Crippen LogP contribution in [0.5, 0.6) is 0 Å². The van der Waals surface area contributed by atoms with E-state index in [1.807, 2.05) is 54.6 Å². The van der Waals surface area contributed by atoms with E-state index in [0.717, 1.165) is 42.4 Å². The molecule has 35 heavy (non-hydrogen) atoms. The molecule has 1 unspecified atom stereocenters. The number of halogens is 1. The van der Waals surface area contributed by atoms with Crippen LogP contribution < -0.4 is 10.0 Å². The number of hydrogen-bond donors (Lipinski definition) is 2. The molecule has 0 saturated carbocycles. The van der Waals surface area contributed by atoms with E-state index in [9.17, 15) is 17.6 Å². The van der Waals surface area contributed by atoms with Gasteiger partial charge in [0.15, 0.2) is 0 Å². The molecule has 0 aliphatic rings. The highest BCUT2D eigenvalue weighted by molar-refractivity contribution is 7.89. The van der Waals surface area contributed by atoms with Crippen molar-refractivity contribution in [3.63, 3.8) is 0 Å². The van der Waals surface area contributed by atoms with Gasteiger partial charge in [-0.15, -0.1) is 0 Å². The number of amides is 1. The van der Waals surface area contributed by atoms with E-state index in [4.69, 9.17) is 0 Å². The summed E-state index contributed by atoms with van der Waals surface area (Å²) in [5.41, 5.74) is 2.84. The largest absolute Gasteiger partial charge is 0.351 e. The number of sulfonamides is 1. The fourth-order valence-electron chi connectivity index (χ4n) is 3.83. The van der Waals surface area contributed by atoms with Crippen LogP contribution in [0, 0.1) is 5.82 Å². The van der Waals surface area contributed by atoms with Crippen molar-refractivity contribution >= 4 is 15.9 Å². The van der Waals surface area contributed by atoms with Gasteiger partial charge in [-0.3, -0.25) is 9.69 Å². The second-order valence-electron chi connectivity index (χ2n) is 8.24. The molecule has 186 valence electrons. The highest BCUT2D eigenvalue weighted by Gasteiger charge is 2.28. The molecule has 0 aliphatic heterocycles. The summed E-state index contributed by atoms with van der Waals surface area (Å²) >= 11 is 0. The summed E-state index contributed by atoms with van der Waals surface area (Å²) in [5.74, 6) is -1.35. The molecule has 3 aromatic rings. The van der Waals surface area contributed by atoms with Crippen molar-refractivity contribution in [3.8, 4) is 0 Å². The Balaban J connectivity index is 1.80. The quantitative estimate of drug-likeness (QED) is 0.398. The highest BCUT2D eigenvalue weighted by atomic mass is 32.2. The minimum atomic E-state index is -4.26. The number of rotatable bonds is 12. The van der Waals surface area contributed by atoms with Gasteiger partial charge in [-0.25, -0.2) is 12.8 Å². The smallest absolute Gasteiger partial charge is 0.244 e. The van der Waals surface area contributed by atoms with Crippen molar-refractivity contribution in [3.05, 3.63) is 101 Å². The molecule has 1 amide bonds. The maximum atomic E-state index is 14.2. The summed E-state index contributed by atoms with van der Waals surface area (Å²) in [7, 11) is -4.26. The first-order chi connectivity index (χ1) is 16.8. The van der Waals surface area contributed by atoms with Crippen LogP contribution >= 0.6 is 0 Å². The van der Waals surface area contributed by atoms with Crippen molar-refractivity contribution < 1.29 is 17.6 Å². The summed E-state index contributed by atoms with van der Waals surface area (Å²) < 4.78 is 42.5. The van der Waals surface area contributed by atoms with Crippen molar-refractivity contribution in [2.75, 3.05) is 13.1 Å². The zero-order valence-corrected chi connectivity index (χ0v) is 20.9. The number of carbonyl (C=O) groups excluding carboxylic acids is 1. The Hall–Kier alpha value is -3.07. The first-order valence-corrected chi connectivity index (χ1v) is 13.2. The number of nitrogens with one attached hydrogen (secondary N) is 2. The lowest BCUT2D eigenvalue weighted by molar-refractivity contribution is -0.122. The first kappa shape index (κ1) is 26.5. The summed E-state index contributed by atoms with van der Waals surface area (Å²) in [5, 5.41) is 2.88. The van der Waals surface area contributed by atoms with E-state index in [1.54, 1.807) is 0 Å². The number of nitrogens with zero attached hydrogens (tertiary/aromatic N) is 1. The van der Waals surface area contributed by atoms with Gasteiger partial charge < -0.3 is 5.32 Å². The SMILES string of the molecule is CCN(CC)Cc1ccccc1CNC(=O)C(Cc1ccccc1)NS(=O)(=O)c1ccccc1F. The van der Waals surface area contributed by atoms with Crippen molar-refractivity contribution in [2.24, 2.45) is 0 Å². The third-order valence-electron chi connectivity index (χ3n) is 5.88. The summed E-state index contributed by atoms with van der Waals surface area (Å²) in [6.07, 6.45) is 0.126. The van der Waals surface area contributed by atoms with Crippen LogP contribution in [0.4, 0.5) is 4.39 Å². The van der Waals surface area contributed by atoms with Gasteiger partial charge in [-0.2, -0.15) is 4.72 Å². The van der Waals surface area contributed by atoms with Crippen LogP contribution in [0.25, 0.3) is 0 Å². The molecule has 0 bridgehead atoms. The maximum Gasteiger partial charge on any atom is 0.244 e. The standard InChI is InChI=1S/C27H32FN3O3S/c1-3-31(4-2)20-23-15-9-8-14-22(23)19-29-27(32)25(18-21-12-6-5-7-13-21)30-35(33,34)26-17-11-10-16-24(26)28/h5-17,25,30H,3-4,18-20H2,1-2H3,(H,29,32). The molecular formula is C27H32FN3O3S. The summed E-state index contributed by atoms with van der Waals surface area (Å²) in [6.45, 7) is 7.03. The molecule has 2 N–H and O–H groups in total. The van der Waals surface area contributed by atoms with Gasteiger partial charge in [0.25, 0.3) is 0 Å². The zero-order valence-electron chi connectivity index (χ0n) is 20.1. The van der Waals surface area contributed by atoms with Gasteiger partial charge in [-0.05, 0) is 48.3 Å². The van der Waals surface area contributed by atoms with Crippen LogP contribution in [0.15, 0.2) is 83.8 Å². The van der Waals surface area contributed by atoms with Gasteiger partial charge in [0, 0.05) is 13.1 Å². The predicted octanol–water partition coefficient (Wildman–Crippen LogP) is 3.87. The van der Waals surface area contributed by atoms with Crippen LogP contribution in [0.1, 0.15) is 30.5 Å². The monoisotopic (exact) mass is 497 g/mol. The molecule has 0 heterocycles. The third-order valence-corrected chi connectivity index (χ3v) is 7.39. The zero-order chi connectivity index (χ0) is 25.3. The molecule has 8 heteroatoms. The van der Waals surface area contributed by atoms with Gasteiger partial charge in [0.1, 0.15) is 16.8 Å². The number of benzene rings is 3. The lowest BCUT2D eigenvalue weighted by Crippen LogP contribution is -2.48. The van der Waals surface area contributed by atoms with Crippen molar-refractivity contribution in [1.29, 1.82) is 0 Å². The van der Waals surface area contributed by atoms with E-state index >= 15 is 0 Å². The summed E-state index contributed by atoms with van der Waals surface area (Å²) in [6, 6.07) is 21.0. The number of hydrogen-bond acceptors (Lipinski definition) is 4. The molecular weight excluding hydrogens is 465 g/mol. The van der Waals surface area contributed by atoms with Gasteiger partial charge >= 0.3 is 0 Å². The maximum absolute atomic E-state index is 14.2. The van der Waals surface area contributed by atoms with Crippen LogP contribution in [-0.2, 0) is 34.3 Å². The lowest BCUT2D eigenvalue weighted by Gasteiger charge is -2.22. The van der Waals surface area contributed by atoms with Crippen molar-refractivity contribution in [2.45, 2.75) is 44.3 Å². The fourth-order valence-corrected chi connectivity index (χ4v) is 5.10. The minimum absolute atomic E-state index is 0.126. The number of carbonyl (C=O) groups is 1. The first-order valence-electron chi connectivity index (χ1n) is 11.7. The second kappa shape index (κ2) is 12.6. The Bertz CT molecular complexity index is 1220. The Morgan fingerprint density at radius 2 is 1.49 bits per heavy atom. The molecule has 3 aromatic carbocycles. The van der Waals surface area contributed by atoms with Gasteiger partial charge in [0.05, 0.1) is 0 Å². The Labute approximate surface area is 207 Å². The van der Waals surface area contributed by atoms with Gasteiger partial charge in [0.2, 0.25) is 15.9 Å². The van der Waals surface area contributed by atoms with Crippen LogP contribution in [0.2, 0.25) is 0 Å². The Kier molecular flexibility index (Phi) is 9.54. The molecule has 6 nitrogen and oxygen atoms in total. The van der Waals surface area contributed by atoms with E-state index in [1.165, 1.54) is 18.2 Å². The molecule has 0 aliphatic carbocycles. The molecule has 0 saturated heterocycles. The summed E-state index contributed by atoms with van der Waals surface area (Å²) in [4.78, 5) is 15.0. The molecule has 0 spiro atoms. The Morgan fingerprint density at radius 1 is 0.886 bits per heavy atom. The molecule has 0 aromatic heterocycles. The predicted molar refractivity (Wildman–Crippen MR) is 136 cm³/mol. The molecule has 3 rings (SSSR count). The van der Waals surface area contributed by atoms with E-state index in [0.29, 0.717) is 0 Å². The molecule has 1 atom stereocenters. The van der Waals surface area contributed by atoms with E-state index in [-0.39, 0.29) is 13.0 Å². The highest BCUT2D eigenvalue weighted by Crippen LogP contribution is 2.16. The topological polar surface area (TPSA) is 78.5 Å². The van der Waals surface area contributed by atoms with Crippen LogP contribution in [0.3, 0.4) is 0 Å². The average molecular weight is 498 g/mol.